The van der Waals surface area contributed by atoms with Crippen LogP contribution in [0.5, 0.6) is 0 Å². The summed E-state index contributed by atoms with van der Waals surface area (Å²) in [5, 5.41) is 0.792. The van der Waals surface area contributed by atoms with Gasteiger partial charge in [0.2, 0.25) is 5.91 Å². The molecule has 0 unspecified atom stereocenters. The second-order valence-electron chi connectivity index (χ2n) is 4.21. The summed E-state index contributed by atoms with van der Waals surface area (Å²) >= 11 is 7.00. The van der Waals surface area contributed by atoms with Crippen molar-refractivity contribution in [3.63, 3.8) is 0 Å². The van der Waals surface area contributed by atoms with Gasteiger partial charge in [0.1, 0.15) is 4.88 Å². The van der Waals surface area contributed by atoms with E-state index in [2.05, 4.69) is 4.98 Å². The van der Waals surface area contributed by atoms with Gasteiger partial charge in [0.05, 0.1) is 6.54 Å². The van der Waals surface area contributed by atoms with Crippen molar-refractivity contribution in [1.82, 2.24) is 9.88 Å². The Kier molecular flexibility index (Phi) is 4.19. The number of aldehydes is 1. The summed E-state index contributed by atoms with van der Waals surface area (Å²) in [5.41, 5.74) is 0. The molecule has 2 heterocycles. The fraction of sp³-hybridized carbons (Fsp3) is 0.545. The van der Waals surface area contributed by atoms with E-state index in [-0.39, 0.29) is 17.6 Å². The van der Waals surface area contributed by atoms with Crippen molar-refractivity contribution in [1.29, 1.82) is 0 Å². The highest BCUT2D eigenvalue weighted by atomic mass is 35.5. The first kappa shape index (κ1) is 13.3. The second kappa shape index (κ2) is 5.67. The molecule has 0 aromatic carbocycles. The largest absolute Gasteiger partial charge is 0.342 e. The van der Waals surface area contributed by atoms with Gasteiger partial charge in [-0.15, -0.1) is 0 Å². The van der Waals surface area contributed by atoms with Gasteiger partial charge in [0.15, 0.2) is 16.6 Å². The molecule has 0 N–H and O–H groups in total. The van der Waals surface area contributed by atoms with E-state index in [9.17, 15) is 9.59 Å². The molecule has 0 saturated carbocycles. The second-order valence-corrected chi connectivity index (χ2v) is 5.58. The number of amides is 1. The quantitative estimate of drug-likeness (QED) is 0.791. The number of carbonyl (C=O) groups is 2. The number of nitrogens with zero attached hydrogens (tertiary/aromatic N) is 3. The predicted molar refractivity (Wildman–Crippen MR) is 71.6 cm³/mol. The standard InChI is InChI=1S/C11H14ClN3O2S/c1-14(6-9(17)15-4-2-3-5-15)11-13-10(12)8(7-16)18-11/h7H,2-6H2,1H3. The van der Waals surface area contributed by atoms with Gasteiger partial charge in [-0.1, -0.05) is 22.9 Å². The summed E-state index contributed by atoms with van der Waals surface area (Å²) in [5.74, 6) is 0.0916. The molecule has 98 valence electrons. The number of anilines is 1. The smallest absolute Gasteiger partial charge is 0.242 e. The number of rotatable bonds is 4. The lowest BCUT2D eigenvalue weighted by molar-refractivity contribution is -0.128. The number of likely N-dealkylation sites (N-methyl/N-ethyl adjacent to an activating group) is 1. The van der Waals surface area contributed by atoms with Crippen molar-refractivity contribution in [2.75, 3.05) is 31.6 Å². The molecule has 2 rings (SSSR count). The highest BCUT2D eigenvalue weighted by Gasteiger charge is 2.21. The minimum absolute atomic E-state index is 0.0916. The minimum Gasteiger partial charge on any atom is -0.342 e. The fourth-order valence-electron chi connectivity index (χ4n) is 1.88. The van der Waals surface area contributed by atoms with Gasteiger partial charge in [-0.05, 0) is 12.8 Å². The summed E-state index contributed by atoms with van der Waals surface area (Å²) < 4.78 is 0. The SMILES string of the molecule is CN(CC(=O)N1CCCC1)c1nc(Cl)c(C=O)s1. The molecule has 1 aromatic heterocycles. The first-order valence-corrected chi connectivity index (χ1v) is 6.91. The molecule has 1 saturated heterocycles. The molecule has 1 aliphatic heterocycles. The third-order valence-electron chi connectivity index (χ3n) is 2.86. The molecule has 0 spiro atoms. The molecule has 1 fully saturated rings. The van der Waals surface area contributed by atoms with E-state index in [1.165, 1.54) is 11.3 Å². The van der Waals surface area contributed by atoms with Gasteiger partial charge in [0, 0.05) is 20.1 Å². The van der Waals surface area contributed by atoms with E-state index < -0.39 is 0 Å². The Hall–Kier alpha value is -1.14. The highest BCUT2D eigenvalue weighted by Crippen LogP contribution is 2.27. The maximum absolute atomic E-state index is 11.9. The number of halogens is 1. The minimum atomic E-state index is 0.0916. The van der Waals surface area contributed by atoms with Crippen LogP contribution in [0.2, 0.25) is 5.15 Å². The molecule has 18 heavy (non-hydrogen) atoms. The average molecular weight is 288 g/mol. The lowest BCUT2D eigenvalue weighted by Crippen LogP contribution is -2.37. The van der Waals surface area contributed by atoms with Crippen molar-refractivity contribution >= 4 is 40.3 Å². The molecular formula is C11H14ClN3O2S. The number of likely N-dealkylation sites (tertiary alicyclic amines) is 1. The van der Waals surface area contributed by atoms with Crippen LogP contribution >= 0.6 is 22.9 Å². The monoisotopic (exact) mass is 287 g/mol. The van der Waals surface area contributed by atoms with E-state index in [1.54, 1.807) is 11.9 Å². The van der Waals surface area contributed by atoms with Crippen molar-refractivity contribution in [3.8, 4) is 0 Å². The molecule has 0 aliphatic carbocycles. The summed E-state index contributed by atoms with van der Waals surface area (Å²) in [7, 11) is 1.78. The Morgan fingerprint density at radius 2 is 2.22 bits per heavy atom. The molecular weight excluding hydrogens is 274 g/mol. The first-order valence-electron chi connectivity index (χ1n) is 5.72. The van der Waals surface area contributed by atoms with Gasteiger partial charge in [-0.3, -0.25) is 9.59 Å². The highest BCUT2D eigenvalue weighted by molar-refractivity contribution is 7.17. The molecule has 7 heteroatoms. The Morgan fingerprint density at radius 3 is 2.78 bits per heavy atom. The predicted octanol–water partition coefficient (Wildman–Crippen LogP) is 1.67. The van der Waals surface area contributed by atoms with Gasteiger partial charge in [-0.25, -0.2) is 4.98 Å². The number of aromatic nitrogens is 1. The van der Waals surface area contributed by atoms with Crippen molar-refractivity contribution in [2.45, 2.75) is 12.8 Å². The van der Waals surface area contributed by atoms with E-state index in [4.69, 9.17) is 11.6 Å². The van der Waals surface area contributed by atoms with E-state index >= 15 is 0 Å². The Bertz CT molecular complexity index is 457. The maximum atomic E-state index is 11.9. The van der Waals surface area contributed by atoms with Crippen LogP contribution in [0, 0.1) is 0 Å². The topological polar surface area (TPSA) is 53.5 Å². The normalized spacial score (nSPS) is 14.9. The summed E-state index contributed by atoms with van der Waals surface area (Å²) in [6.07, 6.45) is 2.83. The van der Waals surface area contributed by atoms with Gasteiger partial charge in [-0.2, -0.15) is 0 Å². The zero-order valence-corrected chi connectivity index (χ0v) is 11.6. The van der Waals surface area contributed by atoms with E-state index in [1.807, 2.05) is 4.90 Å². The van der Waals surface area contributed by atoms with Gasteiger partial charge >= 0.3 is 0 Å². The summed E-state index contributed by atoms with van der Waals surface area (Å²) in [4.78, 5) is 30.7. The molecule has 5 nitrogen and oxygen atoms in total. The zero-order chi connectivity index (χ0) is 13.1. The van der Waals surface area contributed by atoms with Crippen LogP contribution in [0.4, 0.5) is 5.13 Å². The number of carbonyl (C=O) groups excluding carboxylic acids is 2. The fourth-order valence-corrected chi connectivity index (χ4v) is 2.90. The van der Waals surface area contributed by atoms with Crippen LogP contribution in [0.3, 0.4) is 0 Å². The number of hydrogen-bond acceptors (Lipinski definition) is 5. The lowest BCUT2D eigenvalue weighted by Gasteiger charge is -2.20. The number of thiazole rings is 1. The maximum Gasteiger partial charge on any atom is 0.242 e. The average Bonchev–Trinajstić information content (AvgIpc) is 2.97. The van der Waals surface area contributed by atoms with Gasteiger partial charge < -0.3 is 9.80 Å². The zero-order valence-electron chi connectivity index (χ0n) is 10.1. The summed E-state index contributed by atoms with van der Waals surface area (Å²) in [6.45, 7) is 1.94. The summed E-state index contributed by atoms with van der Waals surface area (Å²) in [6, 6.07) is 0. The third kappa shape index (κ3) is 2.81. The Morgan fingerprint density at radius 1 is 1.56 bits per heavy atom. The molecule has 1 aromatic rings. The first-order chi connectivity index (χ1) is 8.61. The molecule has 1 amide bonds. The van der Waals surface area contributed by atoms with Crippen LogP contribution in [0.15, 0.2) is 0 Å². The van der Waals surface area contributed by atoms with Crippen molar-refractivity contribution in [2.24, 2.45) is 0 Å². The van der Waals surface area contributed by atoms with Crippen LogP contribution in [-0.4, -0.2) is 48.8 Å². The van der Waals surface area contributed by atoms with Crippen molar-refractivity contribution in [3.05, 3.63) is 10.0 Å². The van der Waals surface area contributed by atoms with Crippen molar-refractivity contribution < 1.29 is 9.59 Å². The van der Waals surface area contributed by atoms with Gasteiger partial charge in [0.25, 0.3) is 0 Å². The number of hydrogen-bond donors (Lipinski definition) is 0. The van der Waals surface area contributed by atoms with Crippen LogP contribution in [0.25, 0.3) is 0 Å². The Balaban J connectivity index is 1.99. The molecule has 1 aliphatic rings. The van der Waals surface area contributed by atoms with Crippen LogP contribution < -0.4 is 4.90 Å². The van der Waals surface area contributed by atoms with Crippen LogP contribution in [-0.2, 0) is 4.79 Å². The molecule has 0 atom stereocenters. The Labute approximate surface area is 114 Å². The van der Waals surface area contributed by atoms with E-state index in [0.717, 1.165) is 25.9 Å². The molecule has 0 radical (unpaired) electrons. The van der Waals surface area contributed by atoms with E-state index in [0.29, 0.717) is 16.3 Å². The van der Waals surface area contributed by atoms with Crippen LogP contribution in [0.1, 0.15) is 22.5 Å². The lowest BCUT2D eigenvalue weighted by atomic mass is 10.4. The third-order valence-corrected chi connectivity index (χ3v) is 4.36. The molecule has 0 bridgehead atoms.